The summed E-state index contributed by atoms with van der Waals surface area (Å²) in [6.07, 6.45) is 1.29. The van der Waals surface area contributed by atoms with Crippen molar-refractivity contribution < 1.29 is 13.6 Å². The van der Waals surface area contributed by atoms with Gasteiger partial charge in [-0.1, -0.05) is 18.2 Å². The number of rotatable bonds is 6. The quantitative estimate of drug-likeness (QED) is 0.631. The number of hydrogen-bond acceptors (Lipinski definition) is 5. The third kappa shape index (κ3) is 4.29. The second-order valence-electron chi connectivity index (χ2n) is 5.44. The molecule has 3 aromatic rings. The number of carbonyl (C=O) groups is 1. The van der Waals surface area contributed by atoms with Crippen LogP contribution in [0.5, 0.6) is 0 Å². The minimum atomic E-state index is -0.679. The molecule has 1 heterocycles. The summed E-state index contributed by atoms with van der Waals surface area (Å²) in [6, 6.07) is 12.3. The van der Waals surface area contributed by atoms with Gasteiger partial charge in [0.05, 0.1) is 0 Å². The molecule has 0 atom stereocenters. The van der Waals surface area contributed by atoms with Crippen LogP contribution in [0.3, 0.4) is 0 Å². The molecule has 1 amide bonds. The standard InChI is InChI=1S/C18H15F2N5O/c19-12-6-11(7-13(20)8-12)9-22-18-23-10-15(16(21)26)17(25-18)24-14-4-2-1-3-5-14/h1-8,10H,9H2,(H2,21,26)(H2,22,23,24,25). The van der Waals surface area contributed by atoms with Gasteiger partial charge in [0.25, 0.3) is 5.91 Å². The maximum atomic E-state index is 13.2. The molecule has 0 spiro atoms. The molecule has 132 valence electrons. The van der Waals surface area contributed by atoms with Gasteiger partial charge in [0, 0.05) is 24.5 Å². The van der Waals surface area contributed by atoms with Gasteiger partial charge < -0.3 is 16.4 Å². The largest absolute Gasteiger partial charge is 0.365 e. The number of nitrogens with zero attached hydrogens (tertiary/aromatic N) is 2. The Labute approximate surface area is 148 Å². The number of nitrogens with two attached hydrogens (primary N) is 1. The SMILES string of the molecule is NC(=O)c1cnc(NCc2cc(F)cc(F)c2)nc1Nc1ccccc1. The number of amides is 1. The van der Waals surface area contributed by atoms with E-state index in [0.29, 0.717) is 11.3 Å². The Morgan fingerprint density at radius 1 is 1.08 bits per heavy atom. The second-order valence-corrected chi connectivity index (χ2v) is 5.44. The van der Waals surface area contributed by atoms with Gasteiger partial charge in [-0.15, -0.1) is 0 Å². The minimum absolute atomic E-state index is 0.107. The molecule has 0 unspecified atom stereocenters. The summed E-state index contributed by atoms with van der Waals surface area (Å²) in [7, 11) is 0. The molecule has 6 nitrogen and oxygen atoms in total. The molecular formula is C18H15F2N5O. The molecule has 0 bridgehead atoms. The third-order valence-corrected chi connectivity index (χ3v) is 3.46. The van der Waals surface area contributed by atoms with E-state index in [0.717, 1.165) is 6.07 Å². The molecule has 0 radical (unpaired) electrons. The zero-order valence-electron chi connectivity index (χ0n) is 13.5. The van der Waals surface area contributed by atoms with Crippen LogP contribution in [-0.4, -0.2) is 15.9 Å². The van der Waals surface area contributed by atoms with Crippen molar-refractivity contribution in [2.45, 2.75) is 6.54 Å². The van der Waals surface area contributed by atoms with Crippen LogP contribution < -0.4 is 16.4 Å². The van der Waals surface area contributed by atoms with E-state index in [9.17, 15) is 13.6 Å². The Balaban J connectivity index is 1.81. The maximum Gasteiger partial charge on any atom is 0.254 e. The van der Waals surface area contributed by atoms with Crippen LogP contribution >= 0.6 is 0 Å². The van der Waals surface area contributed by atoms with Crippen LogP contribution in [-0.2, 0) is 6.54 Å². The number of para-hydroxylation sites is 1. The zero-order valence-corrected chi connectivity index (χ0v) is 13.5. The highest BCUT2D eigenvalue weighted by Gasteiger charge is 2.12. The molecule has 26 heavy (non-hydrogen) atoms. The Morgan fingerprint density at radius 3 is 2.42 bits per heavy atom. The lowest BCUT2D eigenvalue weighted by molar-refractivity contribution is 0.100. The first-order valence-corrected chi connectivity index (χ1v) is 7.69. The normalized spacial score (nSPS) is 10.4. The van der Waals surface area contributed by atoms with Gasteiger partial charge in [-0.3, -0.25) is 4.79 Å². The van der Waals surface area contributed by atoms with Gasteiger partial charge in [-0.2, -0.15) is 4.98 Å². The van der Waals surface area contributed by atoms with Crippen molar-refractivity contribution in [2.24, 2.45) is 5.73 Å². The highest BCUT2D eigenvalue weighted by atomic mass is 19.1. The fourth-order valence-corrected chi connectivity index (χ4v) is 2.29. The number of carbonyl (C=O) groups excluding carboxylic acids is 1. The van der Waals surface area contributed by atoms with Gasteiger partial charge in [0.15, 0.2) is 0 Å². The molecule has 0 saturated heterocycles. The van der Waals surface area contributed by atoms with E-state index < -0.39 is 17.5 Å². The first-order valence-electron chi connectivity index (χ1n) is 7.69. The molecule has 4 N–H and O–H groups in total. The molecule has 0 fully saturated rings. The molecule has 1 aromatic heterocycles. The number of benzene rings is 2. The number of aromatic nitrogens is 2. The summed E-state index contributed by atoms with van der Waals surface area (Å²) in [5.74, 6) is -1.61. The first kappa shape index (κ1) is 17.3. The van der Waals surface area contributed by atoms with Crippen molar-refractivity contribution in [2.75, 3.05) is 10.6 Å². The van der Waals surface area contributed by atoms with E-state index in [1.54, 1.807) is 12.1 Å². The van der Waals surface area contributed by atoms with Crippen molar-refractivity contribution in [3.05, 3.63) is 77.5 Å². The summed E-state index contributed by atoms with van der Waals surface area (Å²) < 4.78 is 26.5. The average molecular weight is 355 g/mol. The van der Waals surface area contributed by atoms with Crippen LogP contribution in [0.4, 0.5) is 26.2 Å². The van der Waals surface area contributed by atoms with E-state index in [-0.39, 0.29) is 23.9 Å². The highest BCUT2D eigenvalue weighted by molar-refractivity contribution is 5.98. The minimum Gasteiger partial charge on any atom is -0.365 e. The van der Waals surface area contributed by atoms with Crippen molar-refractivity contribution in [3.63, 3.8) is 0 Å². The lowest BCUT2D eigenvalue weighted by atomic mass is 10.2. The number of nitrogens with one attached hydrogen (secondary N) is 2. The highest BCUT2D eigenvalue weighted by Crippen LogP contribution is 2.19. The third-order valence-electron chi connectivity index (χ3n) is 3.46. The smallest absolute Gasteiger partial charge is 0.254 e. The van der Waals surface area contributed by atoms with Crippen LogP contribution in [0, 0.1) is 11.6 Å². The van der Waals surface area contributed by atoms with E-state index in [4.69, 9.17) is 5.73 Å². The van der Waals surface area contributed by atoms with E-state index >= 15 is 0 Å². The fraction of sp³-hybridized carbons (Fsp3) is 0.0556. The summed E-state index contributed by atoms with van der Waals surface area (Å²) in [6.45, 7) is 0.107. The van der Waals surface area contributed by atoms with Crippen molar-refractivity contribution >= 4 is 23.4 Å². The predicted octanol–water partition coefficient (Wildman–Crippen LogP) is 3.21. The molecule has 0 aliphatic carbocycles. The van der Waals surface area contributed by atoms with Crippen LogP contribution in [0.2, 0.25) is 0 Å². The Hall–Kier alpha value is -3.55. The maximum absolute atomic E-state index is 13.2. The summed E-state index contributed by atoms with van der Waals surface area (Å²) in [4.78, 5) is 19.8. The summed E-state index contributed by atoms with van der Waals surface area (Å²) in [5.41, 5.74) is 6.58. The summed E-state index contributed by atoms with van der Waals surface area (Å²) in [5, 5.41) is 5.86. The Kier molecular flexibility index (Phi) is 5.02. The Bertz CT molecular complexity index is 914. The first-order chi connectivity index (χ1) is 12.5. The van der Waals surface area contributed by atoms with Gasteiger partial charge in [-0.25, -0.2) is 13.8 Å². The lowest BCUT2D eigenvalue weighted by Gasteiger charge is -2.11. The van der Waals surface area contributed by atoms with Gasteiger partial charge >= 0.3 is 0 Å². The van der Waals surface area contributed by atoms with E-state index in [1.165, 1.54) is 18.3 Å². The van der Waals surface area contributed by atoms with Crippen LogP contribution in [0.15, 0.2) is 54.7 Å². The van der Waals surface area contributed by atoms with Gasteiger partial charge in [-0.05, 0) is 29.8 Å². The van der Waals surface area contributed by atoms with Gasteiger partial charge in [0.2, 0.25) is 5.95 Å². The number of halogens is 2. The van der Waals surface area contributed by atoms with Crippen molar-refractivity contribution in [1.82, 2.24) is 9.97 Å². The predicted molar refractivity (Wildman–Crippen MR) is 94.0 cm³/mol. The zero-order chi connectivity index (χ0) is 18.5. The molecule has 0 saturated carbocycles. The van der Waals surface area contributed by atoms with Crippen molar-refractivity contribution in [3.8, 4) is 0 Å². The molecule has 8 heteroatoms. The molecule has 0 aliphatic rings. The number of anilines is 3. The Morgan fingerprint density at radius 2 is 1.77 bits per heavy atom. The monoisotopic (exact) mass is 355 g/mol. The summed E-state index contributed by atoms with van der Waals surface area (Å²) >= 11 is 0. The number of hydrogen-bond donors (Lipinski definition) is 3. The molecule has 0 aliphatic heterocycles. The van der Waals surface area contributed by atoms with Crippen LogP contribution in [0.25, 0.3) is 0 Å². The topological polar surface area (TPSA) is 92.9 Å². The lowest BCUT2D eigenvalue weighted by Crippen LogP contribution is -2.16. The number of primary amides is 1. The van der Waals surface area contributed by atoms with Crippen LogP contribution in [0.1, 0.15) is 15.9 Å². The molecule has 3 rings (SSSR count). The molecular weight excluding hydrogens is 340 g/mol. The van der Waals surface area contributed by atoms with Gasteiger partial charge in [0.1, 0.15) is 23.0 Å². The fourth-order valence-electron chi connectivity index (χ4n) is 2.29. The molecule has 2 aromatic carbocycles. The van der Waals surface area contributed by atoms with Crippen molar-refractivity contribution in [1.29, 1.82) is 0 Å². The average Bonchev–Trinajstić information content (AvgIpc) is 2.60. The second kappa shape index (κ2) is 7.56. The van der Waals surface area contributed by atoms with E-state index in [2.05, 4.69) is 20.6 Å². The van der Waals surface area contributed by atoms with E-state index in [1.807, 2.05) is 18.2 Å².